The Balaban J connectivity index is 2.04. The molecule has 0 fully saturated rings. The van der Waals surface area contributed by atoms with Crippen molar-refractivity contribution in [3.63, 3.8) is 0 Å². The summed E-state index contributed by atoms with van der Waals surface area (Å²) in [6.07, 6.45) is 11.4. The van der Waals surface area contributed by atoms with Gasteiger partial charge in [-0.25, -0.2) is 0 Å². The van der Waals surface area contributed by atoms with Gasteiger partial charge < -0.3 is 0 Å². The molecule has 1 unspecified atom stereocenters. The molecule has 0 amide bonds. The zero-order chi connectivity index (χ0) is 11.0. The zero-order valence-electron chi connectivity index (χ0n) is 8.99. The first-order chi connectivity index (χ1) is 7.86. The molecule has 0 saturated carbocycles. The van der Waals surface area contributed by atoms with Crippen LogP contribution in [0.2, 0.25) is 5.02 Å². The van der Waals surface area contributed by atoms with E-state index in [-0.39, 0.29) is 0 Å². The summed E-state index contributed by atoms with van der Waals surface area (Å²) < 4.78 is 0. The molecule has 0 nitrogen and oxygen atoms in total. The van der Waals surface area contributed by atoms with Crippen molar-refractivity contribution >= 4 is 11.6 Å². The Morgan fingerprint density at radius 3 is 2.88 bits per heavy atom. The van der Waals surface area contributed by atoms with Crippen LogP contribution in [0, 0.1) is 0 Å². The van der Waals surface area contributed by atoms with Gasteiger partial charge in [0, 0.05) is 10.9 Å². The largest absolute Gasteiger partial charge is 0.0840 e. The average Bonchev–Trinajstić information content (AvgIpc) is 2.74. The van der Waals surface area contributed by atoms with Crippen LogP contribution in [-0.2, 0) is 0 Å². The first kappa shape index (κ1) is 9.92. The molecule has 80 valence electrons. The quantitative estimate of drug-likeness (QED) is 0.657. The van der Waals surface area contributed by atoms with Gasteiger partial charge in [-0.15, -0.1) is 0 Å². The van der Waals surface area contributed by atoms with Crippen molar-refractivity contribution in [3.8, 4) is 0 Å². The highest BCUT2D eigenvalue weighted by atomic mass is 35.5. The molecular weight excluding hydrogens is 216 g/mol. The van der Waals surface area contributed by atoms with E-state index in [2.05, 4.69) is 36.4 Å². The van der Waals surface area contributed by atoms with Crippen molar-refractivity contribution in [1.82, 2.24) is 0 Å². The third-order valence-corrected chi connectivity index (χ3v) is 3.66. The van der Waals surface area contributed by atoms with Gasteiger partial charge in [-0.1, -0.05) is 54.1 Å². The summed E-state index contributed by atoms with van der Waals surface area (Å²) >= 11 is 6.25. The van der Waals surface area contributed by atoms with Gasteiger partial charge in [0.2, 0.25) is 0 Å². The molecule has 16 heavy (non-hydrogen) atoms. The molecule has 0 radical (unpaired) electrons. The minimum atomic E-state index is 0.361. The first-order valence-electron chi connectivity index (χ1n) is 5.68. The summed E-state index contributed by atoms with van der Waals surface area (Å²) in [4.78, 5) is 0. The van der Waals surface area contributed by atoms with E-state index in [1.165, 1.54) is 29.6 Å². The van der Waals surface area contributed by atoms with E-state index in [1.807, 2.05) is 12.1 Å². The summed E-state index contributed by atoms with van der Waals surface area (Å²) in [7, 11) is 0. The summed E-state index contributed by atoms with van der Waals surface area (Å²) in [5.74, 6) is 0.361. The molecule has 2 aliphatic carbocycles. The van der Waals surface area contributed by atoms with Crippen molar-refractivity contribution in [1.29, 1.82) is 0 Å². The SMILES string of the molecule is Clc1ccccc1C1C=CC2=C1C=CCC2. The number of hydrogen-bond acceptors (Lipinski definition) is 0. The fourth-order valence-corrected chi connectivity index (χ4v) is 2.75. The van der Waals surface area contributed by atoms with Crippen molar-refractivity contribution < 1.29 is 0 Å². The van der Waals surface area contributed by atoms with E-state index in [4.69, 9.17) is 11.6 Å². The third kappa shape index (κ3) is 1.54. The molecule has 0 bridgehead atoms. The second-order valence-electron chi connectivity index (χ2n) is 4.28. The van der Waals surface area contributed by atoms with Crippen LogP contribution in [0.5, 0.6) is 0 Å². The van der Waals surface area contributed by atoms with E-state index in [1.54, 1.807) is 0 Å². The highest BCUT2D eigenvalue weighted by Crippen LogP contribution is 2.40. The predicted octanol–water partition coefficient (Wildman–Crippen LogP) is 4.64. The number of allylic oxidation sites excluding steroid dienone is 6. The highest BCUT2D eigenvalue weighted by molar-refractivity contribution is 6.31. The molecule has 1 heteroatoms. The van der Waals surface area contributed by atoms with Gasteiger partial charge in [0.05, 0.1) is 0 Å². The van der Waals surface area contributed by atoms with Crippen molar-refractivity contribution in [2.24, 2.45) is 0 Å². The molecule has 0 saturated heterocycles. The Labute approximate surface area is 101 Å². The van der Waals surface area contributed by atoms with Crippen LogP contribution >= 0.6 is 11.6 Å². The van der Waals surface area contributed by atoms with Gasteiger partial charge in [-0.3, -0.25) is 0 Å². The second kappa shape index (κ2) is 3.95. The van der Waals surface area contributed by atoms with Gasteiger partial charge in [0.15, 0.2) is 0 Å². The second-order valence-corrected chi connectivity index (χ2v) is 4.69. The van der Waals surface area contributed by atoms with Crippen LogP contribution in [0.1, 0.15) is 24.3 Å². The minimum Gasteiger partial charge on any atom is -0.0840 e. The summed E-state index contributed by atoms with van der Waals surface area (Å²) in [6, 6.07) is 8.13. The maximum atomic E-state index is 6.25. The summed E-state index contributed by atoms with van der Waals surface area (Å²) in [5, 5.41) is 0.866. The fourth-order valence-electron chi connectivity index (χ4n) is 2.50. The van der Waals surface area contributed by atoms with Gasteiger partial charge >= 0.3 is 0 Å². The lowest BCUT2D eigenvalue weighted by Crippen LogP contribution is -1.99. The molecule has 2 aliphatic rings. The number of benzene rings is 1. The normalized spacial score (nSPS) is 22.7. The molecule has 3 rings (SSSR count). The maximum Gasteiger partial charge on any atom is 0.0447 e. The van der Waals surface area contributed by atoms with Gasteiger partial charge in [0.1, 0.15) is 0 Å². The lowest BCUT2D eigenvalue weighted by atomic mass is 9.89. The van der Waals surface area contributed by atoms with Crippen LogP contribution in [0.25, 0.3) is 0 Å². The molecule has 0 N–H and O–H groups in total. The summed E-state index contributed by atoms with van der Waals surface area (Å²) in [6.45, 7) is 0. The maximum absolute atomic E-state index is 6.25. The topological polar surface area (TPSA) is 0 Å². The molecular formula is C15H13Cl. The van der Waals surface area contributed by atoms with Crippen molar-refractivity contribution in [2.75, 3.05) is 0 Å². The van der Waals surface area contributed by atoms with E-state index in [9.17, 15) is 0 Å². The Hall–Kier alpha value is -1.27. The Morgan fingerprint density at radius 1 is 1.12 bits per heavy atom. The zero-order valence-corrected chi connectivity index (χ0v) is 9.74. The van der Waals surface area contributed by atoms with Crippen LogP contribution < -0.4 is 0 Å². The smallest absolute Gasteiger partial charge is 0.0447 e. The fraction of sp³-hybridized carbons (Fsp3) is 0.200. The van der Waals surface area contributed by atoms with Gasteiger partial charge in [0.25, 0.3) is 0 Å². The Bertz CT molecular complexity index is 506. The Kier molecular flexibility index (Phi) is 2.45. The molecule has 1 aromatic carbocycles. The van der Waals surface area contributed by atoms with E-state index in [0.29, 0.717) is 5.92 Å². The van der Waals surface area contributed by atoms with Crippen molar-refractivity contribution in [2.45, 2.75) is 18.8 Å². The van der Waals surface area contributed by atoms with Crippen LogP contribution in [0.15, 0.2) is 59.7 Å². The van der Waals surface area contributed by atoms with E-state index in [0.717, 1.165) is 5.02 Å². The monoisotopic (exact) mass is 228 g/mol. The van der Waals surface area contributed by atoms with Gasteiger partial charge in [-0.2, -0.15) is 0 Å². The molecule has 0 aliphatic heterocycles. The standard InChI is InChI=1S/C15H13Cl/c16-15-8-4-3-7-14(15)13-10-9-11-5-1-2-6-12(11)13/h2-4,6-10,13H,1,5H2. The highest BCUT2D eigenvalue weighted by Gasteiger charge is 2.22. The molecule has 0 aromatic heterocycles. The van der Waals surface area contributed by atoms with Crippen LogP contribution in [-0.4, -0.2) is 0 Å². The third-order valence-electron chi connectivity index (χ3n) is 3.31. The molecule has 1 atom stereocenters. The van der Waals surface area contributed by atoms with Crippen molar-refractivity contribution in [3.05, 3.63) is 70.3 Å². The molecule has 0 heterocycles. The minimum absolute atomic E-state index is 0.361. The summed E-state index contributed by atoms with van der Waals surface area (Å²) in [5.41, 5.74) is 4.13. The number of rotatable bonds is 1. The molecule has 0 spiro atoms. The van der Waals surface area contributed by atoms with E-state index < -0.39 is 0 Å². The molecule has 1 aromatic rings. The lowest BCUT2D eigenvalue weighted by Gasteiger charge is -2.16. The predicted molar refractivity (Wildman–Crippen MR) is 68.7 cm³/mol. The van der Waals surface area contributed by atoms with Gasteiger partial charge in [-0.05, 0) is 35.6 Å². The average molecular weight is 229 g/mol. The van der Waals surface area contributed by atoms with Crippen LogP contribution in [0.3, 0.4) is 0 Å². The van der Waals surface area contributed by atoms with Crippen LogP contribution in [0.4, 0.5) is 0 Å². The van der Waals surface area contributed by atoms with E-state index >= 15 is 0 Å². The Morgan fingerprint density at radius 2 is 2.00 bits per heavy atom. The number of hydrogen-bond donors (Lipinski definition) is 0. The lowest BCUT2D eigenvalue weighted by molar-refractivity contribution is 0.941. The first-order valence-corrected chi connectivity index (χ1v) is 6.06. The number of halogens is 1.